The van der Waals surface area contributed by atoms with E-state index < -0.39 is 18.5 Å². The third-order valence-electron chi connectivity index (χ3n) is 2.02. The zero-order valence-electron chi connectivity index (χ0n) is 7.56. The molecule has 5 heteroatoms. The monoisotopic (exact) mass is 189 g/mol. The Balaban J connectivity index is 2.33. The fourth-order valence-electron chi connectivity index (χ4n) is 1.29. The van der Waals surface area contributed by atoms with Crippen molar-refractivity contribution in [3.05, 3.63) is 0 Å². The number of amides is 1. The number of carbonyl (C=O) groups excluding carboxylic acids is 1. The maximum Gasteiger partial charge on any atom is 0.216 e. The van der Waals surface area contributed by atoms with Gasteiger partial charge in [0.2, 0.25) is 5.91 Å². The first-order chi connectivity index (χ1) is 6.09. The molecule has 0 spiro atoms. The predicted octanol–water partition coefficient (Wildman–Crippen LogP) is -1.02. The number of hydrogen-bond donors (Lipinski definition) is 3. The maximum absolute atomic E-state index is 10.6. The highest BCUT2D eigenvalue weighted by molar-refractivity contribution is 5.72. The molecule has 1 saturated heterocycles. The van der Waals surface area contributed by atoms with Crippen LogP contribution in [0.1, 0.15) is 19.8 Å². The van der Waals surface area contributed by atoms with Crippen molar-refractivity contribution >= 4 is 5.91 Å². The van der Waals surface area contributed by atoms with Crippen LogP contribution in [0.3, 0.4) is 0 Å². The van der Waals surface area contributed by atoms with Gasteiger partial charge in [0.15, 0.2) is 6.29 Å². The summed E-state index contributed by atoms with van der Waals surface area (Å²) in [7, 11) is 0. The summed E-state index contributed by atoms with van der Waals surface area (Å²) >= 11 is 0. The predicted molar refractivity (Wildman–Crippen MR) is 44.8 cm³/mol. The molecule has 1 heterocycles. The molecule has 13 heavy (non-hydrogen) atoms. The molecule has 3 N–H and O–H groups in total. The SMILES string of the molecule is CC(=O)NC[C@H]1O[C@@H](O)CC[C@@H]1O. The summed E-state index contributed by atoms with van der Waals surface area (Å²) in [6, 6.07) is 0. The number of nitrogens with one attached hydrogen (secondary N) is 1. The Hall–Kier alpha value is -0.650. The molecular formula is C8H15NO4. The highest BCUT2D eigenvalue weighted by Gasteiger charge is 2.28. The van der Waals surface area contributed by atoms with E-state index in [9.17, 15) is 9.90 Å². The summed E-state index contributed by atoms with van der Waals surface area (Å²) in [5.41, 5.74) is 0. The third-order valence-corrected chi connectivity index (χ3v) is 2.02. The Morgan fingerprint density at radius 2 is 2.23 bits per heavy atom. The number of rotatable bonds is 2. The minimum Gasteiger partial charge on any atom is -0.390 e. The lowest BCUT2D eigenvalue weighted by atomic mass is 10.0. The first-order valence-corrected chi connectivity index (χ1v) is 4.35. The molecule has 0 saturated carbocycles. The topological polar surface area (TPSA) is 78.8 Å². The van der Waals surface area contributed by atoms with Gasteiger partial charge < -0.3 is 20.3 Å². The van der Waals surface area contributed by atoms with Gasteiger partial charge in [0, 0.05) is 19.9 Å². The summed E-state index contributed by atoms with van der Waals surface area (Å²) in [6.45, 7) is 1.64. The molecule has 0 unspecified atom stereocenters. The van der Waals surface area contributed by atoms with Gasteiger partial charge in [-0.05, 0) is 6.42 Å². The van der Waals surface area contributed by atoms with Gasteiger partial charge in [-0.3, -0.25) is 4.79 Å². The van der Waals surface area contributed by atoms with E-state index in [1.807, 2.05) is 0 Å². The van der Waals surface area contributed by atoms with E-state index in [0.29, 0.717) is 12.8 Å². The average Bonchev–Trinajstić information content (AvgIpc) is 2.06. The normalized spacial score (nSPS) is 34.2. The van der Waals surface area contributed by atoms with Crippen LogP contribution in [0.15, 0.2) is 0 Å². The average molecular weight is 189 g/mol. The quantitative estimate of drug-likeness (QED) is 0.519. The van der Waals surface area contributed by atoms with Crippen molar-refractivity contribution in [3.63, 3.8) is 0 Å². The number of carbonyl (C=O) groups is 1. The molecule has 0 aliphatic carbocycles. The zero-order valence-corrected chi connectivity index (χ0v) is 7.56. The molecule has 0 bridgehead atoms. The molecule has 1 fully saturated rings. The first-order valence-electron chi connectivity index (χ1n) is 4.35. The van der Waals surface area contributed by atoms with Crippen molar-refractivity contribution in [2.24, 2.45) is 0 Å². The number of hydrogen-bond acceptors (Lipinski definition) is 4. The van der Waals surface area contributed by atoms with Crippen LogP contribution in [0.2, 0.25) is 0 Å². The molecule has 0 aromatic carbocycles. The fraction of sp³-hybridized carbons (Fsp3) is 0.875. The molecule has 1 aliphatic heterocycles. The van der Waals surface area contributed by atoms with E-state index in [2.05, 4.69) is 5.32 Å². The molecule has 76 valence electrons. The first kappa shape index (κ1) is 10.4. The minimum atomic E-state index is -0.817. The van der Waals surface area contributed by atoms with Crippen LogP contribution in [0.5, 0.6) is 0 Å². The van der Waals surface area contributed by atoms with E-state index >= 15 is 0 Å². The van der Waals surface area contributed by atoms with Gasteiger partial charge in [-0.2, -0.15) is 0 Å². The summed E-state index contributed by atoms with van der Waals surface area (Å²) < 4.78 is 5.04. The minimum absolute atomic E-state index is 0.170. The van der Waals surface area contributed by atoms with Crippen LogP contribution in [-0.2, 0) is 9.53 Å². The Kier molecular flexibility index (Phi) is 3.65. The summed E-state index contributed by atoms with van der Waals surface area (Å²) in [5.74, 6) is -0.170. The van der Waals surface area contributed by atoms with Gasteiger partial charge >= 0.3 is 0 Å². The third kappa shape index (κ3) is 3.30. The van der Waals surface area contributed by atoms with Gasteiger partial charge in [0.05, 0.1) is 6.10 Å². The summed E-state index contributed by atoms with van der Waals surface area (Å²) in [5, 5.41) is 21.1. The van der Waals surface area contributed by atoms with Crippen LogP contribution in [0.4, 0.5) is 0 Å². The highest BCUT2D eigenvalue weighted by atomic mass is 16.6. The lowest BCUT2D eigenvalue weighted by molar-refractivity contribution is -0.197. The van der Waals surface area contributed by atoms with E-state index in [4.69, 9.17) is 9.84 Å². The van der Waals surface area contributed by atoms with E-state index in [0.717, 1.165) is 0 Å². The lowest BCUT2D eigenvalue weighted by Crippen LogP contribution is -2.45. The van der Waals surface area contributed by atoms with Gasteiger partial charge in [-0.15, -0.1) is 0 Å². The molecule has 0 radical (unpaired) electrons. The van der Waals surface area contributed by atoms with Crippen molar-refractivity contribution in [2.45, 2.75) is 38.3 Å². The highest BCUT2D eigenvalue weighted by Crippen LogP contribution is 2.17. The Morgan fingerprint density at radius 3 is 2.85 bits per heavy atom. The number of ether oxygens (including phenoxy) is 1. The molecule has 1 aliphatic rings. The molecule has 5 nitrogen and oxygen atoms in total. The van der Waals surface area contributed by atoms with Crippen molar-refractivity contribution in [3.8, 4) is 0 Å². The van der Waals surface area contributed by atoms with Crippen LogP contribution in [0.25, 0.3) is 0 Å². The summed E-state index contributed by atoms with van der Waals surface area (Å²) in [4.78, 5) is 10.6. The van der Waals surface area contributed by atoms with Crippen molar-refractivity contribution in [1.82, 2.24) is 5.32 Å². The molecular weight excluding hydrogens is 174 g/mol. The van der Waals surface area contributed by atoms with Crippen LogP contribution in [-0.4, -0.2) is 41.2 Å². The molecule has 0 aromatic rings. The molecule has 1 amide bonds. The van der Waals surface area contributed by atoms with Gasteiger partial charge in [0.1, 0.15) is 6.10 Å². The maximum atomic E-state index is 10.6. The Bertz CT molecular complexity index is 185. The van der Waals surface area contributed by atoms with Gasteiger partial charge in [-0.1, -0.05) is 0 Å². The van der Waals surface area contributed by atoms with Crippen molar-refractivity contribution in [1.29, 1.82) is 0 Å². The van der Waals surface area contributed by atoms with E-state index in [1.165, 1.54) is 6.92 Å². The smallest absolute Gasteiger partial charge is 0.216 e. The zero-order chi connectivity index (χ0) is 9.84. The van der Waals surface area contributed by atoms with Crippen LogP contribution >= 0.6 is 0 Å². The number of aliphatic hydroxyl groups is 2. The second kappa shape index (κ2) is 4.55. The van der Waals surface area contributed by atoms with Crippen molar-refractivity contribution < 1.29 is 19.7 Å². The molecule has 0 aromatic heterocycles. The lowest BCUT2D eigenvalue weighted by Gasteiger charge is -2.31. The van der Waals surface area contributed by atoms with E-state index in [1.54, 1.807) is 0 Å². The Labute approximate surface area is 76.7 Å². The van der Waals surface area contributed by atoms with Crippen molar-refractivity contribution in [2.75, 3.05) is 6.54 Å². The van der Waals surface area contributed by atoms with Crippen LogP contribution in [0, 0.1) is 0 Å². The standard InChI is InChI=1S/C8H15NO4/c1-5(10)9-4-7-6(11)2-3-8(12)13-7/h6-8,11-12H,2-4H2,1H3,(H,9,10)/t6-,7+,8+/m0/s1. The second-order valence-corrected chi connectivity index (χ2v) is 3.21. The van der Waals surface area contributed by atoms with Crippen LogP contribution < -0.4 is 5.32 Å². The largest absolute Gasteiger partial charge is 0.390 e. The second-order valence-electron chi connectivity index (χ2n) is 3.21. The van der Waals surface area contributed by atoms with Gasteiger partial charge in [-0.25, -0.2) is 0 Å². The fourth-order valence-corrected chi connectivity index (χ4v) is 1.29. The van der Waals surface area contributed by atoms with E-state index in [-0.39, 0.29) is 12.5 Å². The number of aliphatic hydroxyl groups excluding tert-OH is 2. The Morgan fingerprint density at radius 1 is 1.54 bits per heavy atom. The summed E-state index contributed by atoms with van der Waals surface area (Å²) in [6.07, 6.45) is -0.964. The van der Waals surface area contributed by atoms with Gasteiger partial charge in [0.25, 0.3) is 0 Å². The molecule has 3 atom stereocenters. The molecule has 1 rings (SSSR count).